The molecule has 0 radical (unpaired) electrons. The monoisotopic (exact) mass is 495 g/mol. The molecule has 9 heteroatoms. The van der Waals surface area contributed by atoms with Crippen LogP contribution in [0.15, 0.2) is 24.3 Å². The van der Waals surface area contributed by atoms with Crippen LogP contribution >= 0.6 is 11.8 Å². The van der Waals surface area contributed by atoms with Gasteiger partial charge in [-0.25, -0.2) is 4.79 Å². The van der Waals surface area contributed by atoms with Gasteiger partial charge in [0.25, 0.3) is 0 Å². The molecule has 0 saturated heterocycles. The highest BCUT2D eigenvalue weighted by atomic mass is 32.2. The van der Waals surface area contributed by atoms with E-state index in [4.69, 9.17) is 4.74 Å². The maximum absolute atomic E-state index is 13.8. The standard InChI is InChI=1S/C25H41N3O5S/c1-9-15-28(22(31)18(14-16-34-8)26-23(32)33-25(5,6)7)20(21(30)27-24(2,3)4)17-12-10-11-13-19(17)29/h10-13,18,20,29H,9,14-16H2,1-8H3,(H,26,32)(H,27,30). The second-order valence-corrected chi connectivity index (χ2v) is 11.2. The van der Waals surface area contributed by atoms with Crippen LogP contribution in [0.4, 0.5) is 4.79 Å². The molecule has 0 fully saturated rings. The third kappa shape index (κ3) is 9.83. The molecule has 1 aromatic carbocycles. The fourth-order valence-corrected chi connectivity index (χ4v) is 3.83. The summed E-state index contributed by atoms with van der Waals surface area (Å²) >= 11 is 1.55. The molecule has 3 amide bonds. The summed E-state index contributed by atoms with van der Waals surface area (Å²) in [5.41, 5.74) is -0.939. The SMILES string of the molecule is CCCN(C(=O)C(CCSC)NC(=O)OC(C)(C)C)C(C(=O)NC(C)(C)C)c1ccccc1O. The molecule has 34 heavy (non-hydrogen) atoms. The predicted octanol–water partition coefficient (Wildman–Crippen LogP) is 4.23. The summed E-state index contributed by atoms with van der Waals surface area (Å²) in [6, 6.07) is 4.55. The molecule has 0 aliphatic heterocycles. The van der Waals surface area contributed by atoms with E-state index in [2.05, 4.69) is 10.6 Å². The Morgan fingerprint density at radius 3 is 2.24 bits per heavy atom. The molecule has 8 nitrogen and oxygen atoms in total. The van der Waals surface area contributed by atoms with Crippen LogP contribution in [-0.2, 0) is 14.3 Å². The highest BCUT2D eigenvalue weighted by molar-refractivity contribution is 7.98. The quantitative estimate of drug-likeness (QED) is 0.448. The number of hydrogen-bond donors (Lipinski definition) is 3. The van der Waals surface area contributed by atoms with Crippen LogP contribution in [-0.4, -0.2) is 63.6 Å². The Morgan fingerprint density at radius 2 is 1.74 bits per heavy atom. The molecule has 0 bridgehead atoms. The summed E-state index contributed by atoms with van der Waals surface area (Å²) in [5, 5.41) is 16.2. The average molecular weight is 496 g/mol. The smallest absolute Gasteiger partial charge is 0.408 e. The van der Waals surface area contributed by atoms with Crippen molar-refractivity contribution >= 4 is 29.7 Å². The van der Waals surface area contributed by atoms with E-state index in [1.807, 2.05) is 34.0 Å². The topological polar surface area (TPSA) is 108 Å². The van der Waals surface area contributed by atoms with Gasteiger partial charge >= 0.3 is 6.09 Å². The molecular formula is C25H41N3O5S. The van der Waals surface area contributed by atoms with E-state index in [-0.39, 0.29) is 12.3 Å². The van der Waals surface area contributed by atoms with Gasteiger partial charge in [0.05, 0.1) is 0 Å². The van der Waals surface area contributed by atoms with Crippen molar-refractivity contribution in [2.45, 2.75) is 84.5 Å². The van der Waals surface area contributed by atoms with Crippen molar-refractivity contribution in [3.05, 3.63) is 29.8 Å². The minimum Gasteiger partial charge on any atom is -0.508 e. The van der Waals surface area contributed by atoms with Gasteiger partial charge in [0.15, 0.2) is 0 Å². The van der Waals surface area contributed by atoms with E-state index in [1.54, 1.807) is 50.7 Å². The Labute approximate surface area is 208 Å². The van der Waals surface area contributed by atoms with Crippen LogP contribution in [0.25, 0.3) is 0 Å². The fraction of sp³-hybridized carbons (Fsp3) is 0.640. The van der Waals surface area contributed by atoms with Crippen molar-refractivity contribution < 1.29 is 24.2 Å². The van der Waals surface area contributed by atoms with Crippen LogP contribution in [0, 0.1) is 0 Å². The Balaban J connectivity index is 3.44. The third-order valence-corrected chi connectivity index (χ3v) is 5.28. The maximum Gasteiger partial charge on any atom is 0.408 e. The molecule has 0 saturated carbocycles. The lowest BCUT2D eigenvalue weighted by molar-refractivity contribution is -0.143. The summed E-state index contributed by atoms with van der Waals surface area (Å²) in [5.74, 6) is -0.260. The van der Waals surface area contributed by atoms with Crippen LogP contribution < -0.4 is 10.6 Å². The van der Waals surface area contributed by atoms with Gasteiger partial charge in [-0.1, -0.05) is 25.1 Å². The van der Waals surface area contributed by atoms with E-state index in [1.165, 1.54) is 11.0 Å². The molecule has 0 aromatic heterocycles. The van der Waals surface area contributed by atoms with E-state index in [0.717, 1.165) is 0 Å². The second-order valence-electron chi connectivity index (χ2n) is 10.2. The van der Waals surface area contributed by atoms with Crippen LogP contribution in [0.1, 0.15) is 72.9 Å². The number of alkyl carbamates (subject to hydrolysis) is 1. The molecule has 192 valence electrons. The van der Waals surface area contributed by atoms with Gasteiger partial charge in [-0.3, -0.25) is 9.59 Å². The van der Waals surface area contributed by atoms with Crippen molar-refractivity contribution in [3.63, 3.8) is 0 Å². The average Bonchev–Trinajstić information content (AvgIpc) is 2.68. The van der Waals surface area contributed by atoms with Gasteiger partial charge in [0.2, 0.25) is 11.8 Å². The molecule has 0 aliphatic carbocycles. The van der Waals surface area contributed by atoms with Gasteiger partial charge in [-0.2, -0.15) is 11.8 Å². The number of carbonyl (C=O) groups excluding carboxylic acids is 3. The summed E-state index contributed by atoms with van der Waals surface area (Å²) in [6.07, 6.45) is 2.18. The number of para-hydroxylation sites is 1. The maximum atomic E-state index is 13.8. The number of rotatable bonds is 10. The first-order chi connectivity index (χ1) is 15.7. The lowest BCUT2D eigenvalue weighted by Gasteiger charge is -2.36. The van der Waals surface area contributed by atoms with Crippen molar-refractivity contribution in [1.82, 2.24) is 15.5 Å². The molecule has 1 aromatic rings. The van der Waals surface area contributed by atoms with E-state index >= 15 is 0 Å². The number of ether oxygens (including phenoxy) is 1. The largest absolute Gasteiger partial charge is 0.508 e. The summed E-state index contributed by atoms with van der Waals surface area (Å²) < 4.78 is 5.37. The molecule has 0 spiro atoms. The number of nitrogens with zero attached hydrogens (tertiary/aromatic N) is 1. The van der Waals surface area contributed by atoms with E-state index in [9.17, 15) is 19.5 Å². The van der Waals surface area contributed by atoms with Crippen molar-refractivity contribution in [2.75, 3.05) is 18.6 Å². The van der Waals surface area contributed by atoms with Crippen molar-refractivity contribution in [2.24, 2.45) is 0 Å². The van der Waals surface area contributed by atoms with E-state index in [0.29, 0.717) is 24.2 Å². The predicted molar refractivity (Wildman–Crippen MR) is 137 cm³/mol. The lowest BCUT2D eigenvalue weighted by atomic mass is 9.99. The first-order valence-electron chi connectivity index (χ1n) is 11.6. The molecule has 1 rings (SSSR count). The number of phenols is 1. The second kappa shape index (κ2) is 12.9. The normalized spacial score (nSPS) is 13.5. The summed E-state index contributed by atoms with van der Waals surface area (Å²) in [6.45, 7) is 13.0. The van der Waals surface area contributed by atoms with Crippen LogP contribution in [0.3, 0.4) is 0 Å². The lowest BCUT2D eigenvalue weighted by Crippen LogP contribution is -2.55. The highest BCUT2D eigenvalue weighted by Gasteiger charge is 2.37. The van der Waals surface area contributed by atoms with Gasteiger partial charge in [-0.05, 0) is 72.5 Å². The van der Waals surface area contributed by atoms with Gasteiger partial charge in [-0.15, -0.1) is 0 Å². The number of hydrogen-bond acceptors (Lipinski definition) is 6. The number of thioether (sulfide) groups is 1. The number of carbonyl (C=O) groups is 3. The Kier molecular flexibility index (Phi) is 11.2. The number of aromatic hydroxyl groups is 1. The number of benzene rings is 1. The highest BCUT2D eigenvalue weighted by Crippen LogP contribution is 2.30. The minimum atomic E-state index is -1.06. The van der Waals surface area contributed by atoms with Gasteiger partial charge < -0.3 is 25.4 Å². The first-order valence-corrected chi connectivity index (χ1v) is 13.0. The van der Waals surface area contributed by atoms with Crippen molar-refractivity contribution in [3.8, 4) is 5.75 Å². The zero-order valence-corrected chi connectivity index (χ0v) is 22.5. The molecular weight excluding hydrogens is 454 g/mol. The summed E-state index contributed by atoms with van der Waals surface area (Å²) in [7, 11) is 0. The number of amides is 3. The zero-order chi connectivity index (χ0) is 26.1. The van der Waals surface area contributed by atoms with Gasteiger partial charge in [0.1, 0.15) is 23.4 Å². The third-order valence-electron chi connectivity index (χ3n) is 4.64. The van der Waals surface area contributed by atoms with Crippen LogP contribution in [0.2, 0.25) is 0 Å². The minimum absolute atomic E-state index is 0.0776. The molecule has 3 N–H and O–H groups in total. The molecule has 2 unspecified atom stereocenters. The van der Waals surface area contributed by atoms with E-state index < -0.39 is 41.1 Å². The zero-order valence-electron chi connectivity index (χ0n) is 21.7. The summed E-state index contributed by atoms with van der Waals surface area (Å²) in [4.78, 5) is 41.2. The molecule has 2 atom stereocenters. The Hall–Kier alpha value is -2.42. The molecule has 0 heterocycles. The van der Waals surface area contributed by atoms with Crippen LogP contribution in [0.5, 0.6) is 5.75 Å². The number of nitrogens with one attached hydrogen (secondary N) is 2. The Bertz CT molecular complexity index is 833. The molecule has 0 aliphatic rings. The van der Waals surface area contributed by atoms with Crippen molar-refractivity contribution in [1.29, 1.82) is 0 Å². The first kappa shape index (κ1) is 29.6. The fourth-order valence-electron chi connectivity index (χ4n) is 3.36. The Morgan fingerprint density at radius 1 is 1.12 bits per heavy atom. The number of phenolic OH excluding ortho intramolecular Hbond substituents is 1. The van der Waals surface area contributed by atoms with Gasteiger partial charge in [0, 0.05) is 17.6 Å².